The molecule has 1 saturated heterocycles. The van der Waals surface area contributed by atoms with Crippen molar-refractivity contribution in [2.75, 3.05) is 6.61 Å². The number of ether oxygens (including phenoxy) is 1. The van der Waals surface area contributed by atoms with Crippen LogP contribution in [-0.4, -0.2) is 16.7 Å². The van der Waals surface area contributed by atoms with Crippen LogP contribution < -0.4 is 5.73 Å². The van der Waals surface area contributed by atoms with Crippen LogP contribution in [0.2, 0.25) is 0 Å². The monoisotopic (exact) mass is 245 g/mol. The van der Waals surface area contributed by atoms with Crippen LogP contribution >= 0.6 is 12.4 Å². The molecule has 0 amide bonds. The average molecular weight is 246 g/mol. The van der Waals surface area contributed by atoms with E-state index in [9.17, 15) is 0 Å². The van der Waals surface area contributed by atoms with Gasteiger partial charge in [-0.2, -0.15) is 4.98 Å². The van der Waals surface area contributed by atoms with E-state index in [1.165, 1.54) is 0 Å². The minimum atomic E-state index is -0.333. The third-order valence-electron chi connectivity index (χ3n) is 3.34. The predicted molar refractivity (Wildman–Crippen MR) is 59.2 cm³/mol. The summed E-state index contributed by atoms with van der Waals surface area (Å²) in [6.07, 6.45) is 5.10. The maximum absolute atomic E-state index is 6.11. The lowest BCUT2D eigenvalue weighted by Crippen LogP contribution is -2.44. The fourth-order valence-electron chi connectivity index (χ4n) is 2.12. The van der Waals surface area contributed by atoms with Gasteiger partial charge in [0.15, 0.2) is 5.82 Å². The molecule has 2 fully saturated rings. The Kier molecular flexibility index (Phi) is 3.19. The Hall–Kier alpha value is -0.650. The first-order valence-corrected chi connectivity index (χ1v) is 5.52. The molecule has 2 aliphatic rings. The largest absolute Gasteiger partial charge is 0.368 e. The van der Waals surface area contributed by atoms with Gasteiger partial charge >= 0.3 is 0 Å². The summed E-state index contributed by atoms with van der Waals surface area (Å²) in [5, 5.41) is 3.96. The number of hydrogen-bond acceptors (Lipinski definition) is 5. The minimum Gasteiger partial charge on any atom is -0.368 e. The molecule has 1 atom stereocenters. The Labute approximate surface area is 100 Å². The molecule has 3 rings (SSSR count). The fourth-order valence-corrected chi connectivity index (χ4v) is 2.12. The summed E-state index contributed by atoms with van der Waals surface area (Å²) >= 11 is 0. The minimum absolute atomic E-state index is 0. The van der Waals surface area contributed by atoms with Crippen LogP contribution in [0, 0.1) is 0 Å². The van der Waals surface area contributed by atoms with Crippen molar-refractivity contribution in [2.24, 2.45) is 5.73 Å². The molecule has 1 saturated carbocycles. The van der Waals surface area contributed by atoms with Crippen LogP contribution in [-0.2, 0) is 10.3 Å². The van der Waals surface area contributed by atoms with E-state index < -0.39 is 0 Å². The van der Waals surface area contributed by atoms with E-state index in [1.807, 2.05) is 0 Å². The van der Waals surface area contributed by atoms with Crippen LogP contribution in [0.25, 0.3) is 0 Å². The van der Waals surface area contributed by atoms with Gasteiger partial charge in [0.1, 0.15) is 6.10 Å². The second kappa shape index (κ2) is 4.31. The van der Waals surface area contributed by atoms with E-state index >= 15 is 0 Å². The van der Waals surface area contributed by atoms with Gasteiger partial charge in [0, 0.05) is 6.61 Å². The summed E-state index contributed by atoms with van der Waals surface area (Å²) in [6, 6.07) is 0. The second-order valence-corrected chi connectivity index (χ2v) is 4.47. The van der Waals surface area contributed by atoms with Crippen molar-refractivity contribution in [3.63, 3.8) is 0 Å². The Balaban J connectivity index is 0.000000963. The van der Waals surface area contributed by atoms with Crippen molar-refractivity contribution in [3.05, 3.63) is 11.7 Å². The molecule has 6 heteroatoms. The zero-order chi connectivity index (χ0) is 10.3. The highest BCUT2D eigenvalue weighted by atomic mass is 35.5. The van der Waals surface area contributed by atoms with Gasteiger partial charge < -0.3 is 15.0 Å². The second-order valence-electron chi connectivity index (χ2n) is 4.47. The number of halogens is 1. The third kappa shape index (κ3) is 1.83. The van der Waals surface area contributed by atoms with Gasteiger partial charge in [-0.1, -0.05) is 5.16 Å². The number of nitrogens with two attached hydrogens (primary N) is 1. The van der Waals surface area contributed by atoms with E-state index in [1.54, 1.807) is 0 Å². The zero-order valence-corrected chi connectivity index (χ0v) is 9.83. The van der Waals surface area contributed by atoms with Crippen LogP contribution in [0.15, 0.2) is 4.52 Å². The molecule has 1 aromatic rings. The molecule has 5 nitrogen and oxygen atoms in total. The molecule has 1 aliphatic heterocycles. The Morgan fingerprint density at radius 3 is 2.69 bits per heavy atom. The molecule has 2 heterocycles. The molecule has 90 valence electrons. The highest BCUT2D eigenvalue weighted by molar-refractivity contribution is 5.85. The average Bonchev–Trinajstić information content (AvgIpc) is 2.84. The smallest absolute Gasteiger partial charge is 0.255 e. The Bertz CT molecular complexity index is 359. The maximum Gasteiger partial charge on any atom is 0.255 e. The predicted octanol–water partition coefficient (Wildman–Crippen LogP) is 1.68. The van der Waals surface area contributed by atoms with Gasteiger partial charge in [0.2, 0.25) is 0 Å². The summed E-state index contributed by atoms with van der Waals surface area (Å²) in [5.74, 6) is 1.25. The van der Waals surface area contributed by atoms with Crippen molar-refractivity contribution in [3.8, 4) is 0 Å². The molecule has 0 aromatic carbocycles. The van der Waals surface area contributed by atoms with E-state index in [0.717, 1.165) is 38.7 Å². The normalized spacial score (nSPS) is 27.2. The molecule has 2 N–H and O–H groups in total. The molecule has 0 bridgehead atoms. The SMILES string of the molecule is Cl.NC1(c2noc(C3CCCO3)n2)CCC1. The number of aromatic nitrogens is 2. The van der Waals surface area contributed by atoms with Gasteiger partial charge in [-0.15, -0.1) is 12.4 Å². The first kappa shape index (κ1) is 11.8. The van der Waals surface area contributed by atoms with Crippen LogP contribution in [0.1, 0.15) is 49.9 Å². The van der Waals surface area contributed by atoms with Crippen molar-refractivity contribution in [2.45, 2.75) is 43.7 Å². The fraction of sp³-hybridized carbons (Fsp3) is 0.800. The van der Waals surface area contributed by atoms with Crippen LogP contribution in [0.3, 0.4) is 0 Å². The van der Waals surface area contributed by atoms with Gasteiger partial charge in [-0.25, -0.2) is 0 Å². The van der Waals surface area contributed by atoms with E-state index in [2.05, 4.69) is 10.1 Å². The summed E-state index contributed by atoms with van der Waals surface area (Å²) in [4.78, 5) is 4.36. The van der Waals surface area contributed by atoms with E-state index in [0.29, 0.717) is 11.7 Å². The molecule has 0 spiro atoms. The van der Waals surface area contributed by atoms with Crippen molar-refractivity contribution in [1.29, 1.82) is 0 Å². The van der Waals surface area contributed by atoms with Crippen LogP contribution in [0.5, 0.6) is 0 Å². The Morgan fingerprint density at radius 2 is 2.12 bits per heavy atom. The first-order valence-electron chi connectivity index (χ1n) is 5.52. The highest BCUT2D eigenvalue weighted by Crippen LogP contribution is 2.38. The maximum atomic E-state index is 6.11. The molecule has 1 aromatic heterocycles. The lowest BCUT2D eigenvalue weighted by atomic mass is 9.77. The standard InChI is InChI=1S/C10H15N3O2.ClH/c11-10(4-2-5-10)9-12-8(15-13-9)7-3-1-6-14-7;/h7H,1-6,11H2;1H. The first-order chi connectivity index (χ1) is 7.28. The lowest BCUT2D eigenvalue weighted by Gasteiger charge is -2.34. The van der Waals surface area contributed by atoms with Crippen molar-refractivity contribution in [1.82, 2.24) is 10.1 Å². The summed E-state index contributed by atoms with van der Waals surface area (Å²) in [6.45, 7) is 0.788. The topological polar surface area (TPSA) is 74.2 Å². The molecule has 1 aliphatic carbocycles. The molecular weight excluding hydrogens is 230 g/mol. The van der Waals surface area contributed by atoms with Gasteiger partial charge in [0.05, 0.1) is 5.54 Å². The highest BCUT2D eigenvalue weighted by Gasteiger charge is 2.39. The lowest BCUT2D eigenvalue weighted by molar-refractivity contribution is 0.0835. The van der Waals surface area contributed by atoms with E-state index in [4.69, 9.17) is 15.0 Å². The van der Waals surface area contributed by atoms with Crippen molar-refractivity contribution >= 4 is 12.4 Å². The zero-order valence-electron chi connectivity index (χ0n) is 9.02. The quantitative estimate of drug-likeness (QED) is 0.858. The van der Waals surface area contributed by atoms with Crippen LogP contribution in [0.4, 0.5) is 0 Å². The Morgan fingerprint density at radius 1 is 1.31 bits per heavy atom. The van der Waals surface area contributed by atoms with Gasteiger partial charge in [-0.05, 0) is 32.1 Å². The molecular formula is C10H16ClN3O2. The number of hydrogen-bond donors (Lipinski definition) is 1. The third-order valence-corrected chi connectivity index (χ3v) is 3.34. The molecule has 1 unspecified atom stereocenters. The molecule has 16 heavy (non-hydrogen) atoms. The number of nitrogens with zero attached hydrogens (tertiary/aromatic N) is 2. The van der Waals surface area contributed by atoms with Crippen molar-refractivity contribution < 1.29 is 9.26 Å². The molecule has 0 radical (unpaired) electrons. The summed E-state index contributed by atoms with van der Waals surface area (Å²) in [7, 11) is 0. The number of rotatable bonds is 2. The van der Waals surface area contributed by atoms with E-state index in [-0.39, 0.29) is 24.0 Å². The van der Waals surface area contributed by atoms with Gasteiger partial charge in [0.25, 0.3) is 5.89 Å². The van der Waals surface area contributed by atoms with Gasteiger partial charge in [-0.3, -0.25) is 0 Å². The summed E-state index contributed by atoms with van der Waals surface area (Å²) < 4.78 is 10.7. The summed E-state index contributed by atoms with van der Waals surface area (Å²) in [5.41, 5.74) is 5.78.